The zero-order valence-electron chi connectivity index (χ0n) is 7.43. The van der Waals surface area contributed by atoms with Gasteiger partial charge in [-0.1, -0.05) is 35.3 Å². The third-order valence-electron chi connectivity index (χ3n) is 1.65. The van der Waals surface area contributed by atoms with E-state index in [1.807, 2.05) is 0 Å². The van der Waals surface area contributed by atoms with Gasteiger partial charge in [-0.2, -0.15) is 0 Å². The van der Waals surface area contributed by atoms with Gasteiger partial charge in [-0.05, 0) is 11.1 Å². The maximum absolute atomic E-state index is 10.6. The van der Waals surface area contributed by atoms with Crippen LogP contribution in [0.15, 0.2) is 24.3 Å². The molecular weight excluding hydrogens is 202 g/mol. The highest BCUT2D eigenvalue weighted by Gasteiger charge is 1.99. The average molecular weight is 212 g/mol. The van der Waals surface area contributed by atoms with Crippen LogP contribution in [0.3, 0.4) is 0 Å². The lowest BCUT2D eigenvalue weighted by atomic mass is 10.1. The summed E-state index contributed by atoms with van der Waals surface area (Å²) in [6.45, 7) is 0. The smallest absolute Gasteiger partial charge is 0.221 e. The number of amides is 1. The Morgan fingerprint density at radius 3 is 2.64 bits per heavy atom. The van der Waals surface area contributed by atoms with E-state index in [0.29, 0.717) is 5.56 Å². The fourth-order valence-electron chi connectivity index (χ4n) is 1.17. The third kappa shape index (κ3) is 3.68. The van der Waals surface area contributed by atoms with E-state index in [1.54, 1.807) is 24.3 Å². The second-order valence-electron chi connectivity index (χ2n) is 2.91. The minimum atomic E-state index is -2.10. The summed E-state index contributed by atoms with van der Waals surface area (Å²) in [6, 6.07) is 6.81. The second-order valence-corrected chi connectivity index (χ2v) is 3.81. The predicted octanol–water partition coefficient (Wildman–Crippen LogP) is 0.0935. The van der Waals surface area contributed by atoms with Gasteiger partial charge in [-0.25, -0.2) is 0 Å². The normalized spacial score (nSPS) is 12.4. The van der Waals surface area contributed by atoms with E-state index < -0.39 is 17.0 Å². The van der Waals surface area contributed by atoms with E-state index in [4.69, 9.17) is 5.73 Å². The molecule has 1 aromatic carbocycles. The van der Waals surface area contributed by atoms with Crippen LogP contribution in [-0.4, -0.2) is 14.7 Å². The van der Waals surface area contributed by atoms with Crippen molar-refractivity contribution >= 4 is 17.0 Å². The molecule has 0 saturated carbocycles. The molecule has 1 aromatic rings. The standard InChI is InChI=1S/C9H11NO3S/c10-9(11)5-7-2-1-3-8(4-7)6-14(12)13/h1-4H,5-6H2,(H2,10,11)(H,12,13)/p-1. The van der Waals surface area contributed by atoms with Crippen LogP contribution in [0.5, 0.6) is 0 Å². The summed E-state index contributed by atoms with van der Waals surface area (Å²) in [7, 11) is 0. The van der Waals surface area contributed by atoms with Gasteiger partial charge < -0.3 is 10.3 Å². The first kappa shape index (κ1) is 10.9. The number of benzene rings is 1. The van der Waals surface area contributed by atoms with Gasteiger partial charge in [0.15, 0.2) is 0 Å². The molecule has 4 nitrogen and oxygen atoms in total. The van der Waals surface area contributed by atoms with Crippen LogP contribution in [0.2, 0.25) is 0 Å². The summed E-state index contributed by atoms with van der Waals surface area (Å²) in [5, 5.41) is 0. The lowest BCUT2D eigenvalue weighted by molar-refractivity contribution is -0.117. The Bertz CT molecular complexity index is 334. The molecule has 0 radical (unpaired) electrons. The van der Waals surface area contributed by atoms with Crippen molar-refractivity contribution in [2.24, 2.45) is 5.73 Å². The highest BCUT2D eigenvalue weighted by Crippen LogP contribution is 2.07. The van der Waals surface area contributed by atoms with Gasteiger partial charge in [0.25, 0.3) is 0 Å². The molecule has 0 aliphatic rings. The number of carbonyl (C=O) groups excluding carboxylic acids is 1. The number of rotatable bonds is 4. The van der Waals surface area contributed by atoms with Crippen molar-refractivity contribution in [1.29, 1.82) is 0 Å². The summed E-state index contributed by atoms with van der Waals surface area (Å²) in [4.78, 5) is 10.6. The molecule has 5 heteroatoms. The Labute approximate surface area is 84.4 Å². The van der Waals surface area contributed by atoms with Crippen molar-refractivity contribution in [3.63, 3.8) is 0 Å². The van der Waals surface area contributed by atoms with E-state index in [9.17, 15) is 13.6 Å². The number of carbonyl (C=O) groups is 1. The van der Waals surface area contributed by atoms with E-state index in [2.05, 4.69) is 0 Å². The lowest BCUT2D eigenvalue weighted by Gasteiger charge is -2.06. The zero-order valence-corrected chi connectivity index (χ0v) is 8.25. The van der Waals surface area contributed by atoms with Crippen LogP contribution in [0, 0.1) is 0 Å². The van der Waals surface area contributed by atoms with Crippen molar-refractivity contribution in [3.8, 4) is 0 Å². The summed E-state index contributed by atoms with van der Waals surface area (Å²) >= 11 is -2.10. The van der Waals surface area contributed by atoms with Crippen LogP contribution in [-0.2, 0) is 28.0 Å². The largest absolute Gasteiger partial charge is 0.772 e. The summed E-state index contributed by atoms with van der Waals surface area (Å²) in [5.41, 5.74) is 6.42. The van der Waals surface area contributed by atoms with Gasteiger partial charge in [-0.3, -0.25) is 9.00 Å². The van der Waals surface area contributed by atoms with Crippen molar-refractivity contribution in [2.45, 2.75) is 12.2 Å². The molecule has 0 fully saturated rings. The summed E-state index contributed by atoms with van der Waals surface area (Å²) in [5.74, 6) is -0.461. The Balaban J connectivity index is 2.78. The quantitative estimate of drug-likeness (QED) is 0.718. The van der Waals surface area contributed by atoms with Crippen LogP contribution in [0.4, 0.5) is 0 Å². The maximum atomic E-state index is 10.6. The molecule has 1 amide bonds. The van der Waals surface area contributed by atoms with Gasteiger partial charge in [0.1, 0.15) is 0 Å². The highest BCUT2D eigenvalue weighted by molar-refractivity contribution is 7.78. The monoisotopic (exact) mass is 212 g/mol. The van der Waals surface area contributed by atoms with Gasteiger partial charge in [0, 0.05) is 5.75 Å². The maximum Gasteiger partial charge on any atom is 0.221 e. The Morgan fingerprint density at radius 2 is 2.07 bits per heavy atom. The van der Waals surface area contributed by atoms with Gasteiger partial charge in [0.05, 0.1) is 6.42 Å². The first-order valence-corrected chi connectivity index (χ1v) is 5.24. The molecule has 0 bridgehead atoms. The first-order valence-electron chi connectivity index (χ1n) is 4.00. The molecule has 0 spiro atoms. The minimum Gasteiger partial charge on any atom is -0.772 e. The highest BCUT2D eigenvalue weighted by atomic mass is 32.2. The SMILES string of the molecule is NC(=O)Cc1cccc(CS(=O)[O-])c1. The zero-order chi connectivity index (χ0) is 10.6. The predicted molar refractivity (Wildman–Crippen MR) is 52.0 cm³/mol. The van der Waals surface area contributed by atoms with Gasteiger partial charge >= 0.3 is 0 Å². The first-order chi connectivity index (χ1) is 6.58. The van der Waals surface area contributed by atoms with Crippen molar-refractivity contribution in [1.82, 2.24) is 0 Å². The molecule has 0 aliphatic carbocycles. The molecule has 1 unspecified atom stereocenters. The number of hydrogen-bond donors (Lipinski definition) is 1. The summed E-state index contributed by atoms with van der Waals surface area (Å²) in [6.07, 6.45) is 0.138. The molecule has 14 heavy (non-hydrogen) atoms. The van der Waals surface area contributed by atoms with Crippen LogP contribution < -0.4 is 5.73 Å². The average Bonchev–Trinajstić information content (AvgIpc) is 2.01. The van der Waals surface area contributed by atoms with E-state index >= 15 is 0 Å². The number of primary amides is 1. The number of nitrogens with two attached hydrogens (primary N) is 1. The molecule has 1 atom stereocenters. The van der Waals surface area contributed by atoms with Crippen LogP contribution in [0.1, 0.15) is 11.1 Å². The van der Waals surface area contributed by atoms with E-state index in [1.165, 1.54) is 0 Å². The van der Waals surface area contributed by atoms with Gasteiger partial charge in [-0.15, -0.1) is 0 Å². The molecule has 0 aromatic heterocycles. The molecule has 0 heterocycles. The number of hydrogen-bond acceptors (Lipinski definition) is 3. The van der Waals surface area contributed by atoms with E-state index in [-0.39, 0.29) is 12.2 Å². The molecule has 76 valence electrons. The fraction of sp³-hybridized carbons (Fsp3) is 0.222. The molecular formula is C9H10NO3S-. The Morgan fingerprint density at radius 1 is 1.43 bits per heavy atom. The molecule has 1 rings (SSSR count). The summed E-state index contributed by atoms with van der Waals surface area (Å²) < 4.78 is 20.8. The topological polar surface area (TPSA) is 83.2 Å². The minimum absolute atomic E-state index is 0.0351. The van der Waals surface area contributed by atoms with Crippen molar-refractivity contribution < 1.29 is 13.6 Å². The second kappa shape index (κ2) is 4.88. The van der Waals surface area contributed by atoms with E-state index in [0.717, 1.165) is 5.56 Å². The third-order valence-corrected chi connectivity index (χ3v) is 2.22. The molecule has 0 aliphatic heterocycles. The van der Waals surface area contributed by atoms with Gasteiger partial charge in [0.2, 0.25) is 5.91 Å². The fourth-order valence-corrected chi connectivity index (χ4v) is 1.62. The lowest BCUT2D eigenvalue weighted by Crippen LogP contribution is -2.13. The Kier molecular flexibility index (Phi) is 3.79. The van der Waals surface area contributed by atoms with Crippen LogP contribution in [0.25, 0.3) is 0 Å². The molecule has 2 N–H and O–H groups in total. The van der Waals surface area contributed by atoms with Crippen molar-refractivity contribution in [3.05, 3.63) is 35.4 Å². The van der Waals surface area contributed by atoms with Crippen molar-refractivity contribution in [2.75, 3.05) is 0 Å². The Hall–Kier alpha value is -1.20. The van der Waals surface area contributed by atoms with Crippen LogP contribution >= 0.6 is 0 Å². The molecule has 0 saturated heterocycles.